The van der Waals surface area contributed by atoms with Gasteiger partial charge >= 0.3 is 0 Å². The summed E-state index contributed by atoms with van der Waals surface area (Å²) in [5.41, 5.74) is 1.15. The topological polar surface area (TPSA) is 83.8 Å². The summed E-state index contributed by atoms with van der Waals surface area (Å²) in [4.78, 5) is 26.9. The summed E-state index contributed by atoms with van der Waals surface area (Å²) in [6, 6.07) is 20.7. The van der Waals surface area contributed by atoms with E-state index in [1.54, 1.807) is 79.9 Å². The fraction of sp³-hybridized carbons (Fsp3) is 0.0769. The van der Waals surface area contributed by atoms with Crippen molar-refractivity contribution in [1.29, 1.82) is 0 Å². The number of hydrogen-bond donors (Lipinski definition) is 2. The lowest BCUT2D eigenvalue weighted by Gasteiger charge is -2.20. The third kappa shape index (κ3) is 2.99. The second kappa shape index (κ2) is 7.66. The molecule has 1 atom stereocenters. The molecule has 2 N–H and O–H groups in total. The highest BCUT2D eigenvalue weighted by Gasteiger charge is 2.38. The highest BCUT2D eigenvalue weighted by Crippen LogP contribution is 2.45. The van der Waals surface area contributed by atoms with Crippen LogP contribution in [0, 0.1) is 0 Å². The molecule has 0 radical (unpaired) electrons. The molecule has 1 aromatic heterocycles. The van der Waals surface area contributed by atoms with E-state index in [0.717, 1.165) is 11.3 Å². The number of fused-ring (bicyclic) bond motifs is 2. The summed E-state index contributed by atoms with van der Waals surface area (Å²) in [5, 5.41) is 22.3. The van der Waals surface area contributed by atoms with E-state index in [1.165, 1.54) is 0 Å². The summed E-state index contributed by atoms with van der Waals surface area (Å²) in [6.07, 6.45) is 0. The SMILES string of the molecule is COc1ccc([C@H](C2=C(O)c3ccccc3C2=O)c2c(O)sc3ccccc3c2=O)cc1. The van der Waals surface area contributed by atoms with Gasteiger partial charge in [-0.05, 0) is 29.8 Å². The van der Waals surface area contributed by atoms with Gasteiger partial charge in [-0.3, -0.25) is 9.59 Å². The van der Waals surface area contributed by atoms with Gasteiger partial charge in [-0.1, -0.05) is 59.9 Å². The molecule has 0 unspecified atom stereocenters. The Morgan fingerprint density at radius 3 is 2.19 bits per heavy atom. The zero-order valence-corrected chi connectivity index (χ0v) is 17.8. The van der Waals surface area contributed by atoms with Gasteiger partial charge in [0.25, 0.3) is 0 Å². The Morgan fingerprint density at radius 2 is 1.50 bits per heavy atom. The number of benzene rings is 3. The number of hydrogen-bond acceptors (Lipinski definition) is 6. The van der Waals surface area contributed by atoms with E-state index in [2.05, 4.69) is 0 Å². The van der Waals surface area contributed by atoms with E-state index < -0.39 is 5.92 Å². The van der Waals surface area contributed by atoms with Crippen molar-refractivity contribution in [2.75, 3.05) is 7.11 Å². The number of carbonyl (C=O) groups excluding carboxylic acids is 1. The molecule has 0 spiro atoms. The minimum Gasteiger partial charge on any atom is -0.507 e. The normalized spacial score (nSPS) is 14.0. The van der Waals surface area contributed by atoms with Crippen LogP contribution in [-0.4, -0.2) is 23.1 Å². The van der Waals surface area contributed by atoms with Crippen LogP contribution in [0.5, 0.6) is 10.8 Å². The standard InChI is InChI=1S/C26H18O5S/c1-31-15-12-10-14(11-13-15)20(21-23(27)16-6-2-3-7-17(16)24(21)28)22-25(29)18-8-4-5-9-19(18)32-26(22)30/h2-13,20,27,30H,1H3/t20-/m1/s1. The summed E-state index contributed by atoms with van der Waals surface area (Å²) in [7, 11) is 1.55. The Labute approximate surface area is 187 Å². The number of ketones is 1. The zero-order valence-electron chi connectivity index (χ0n) is 17.0. The maximum Gasteiger partial charge on any atom is 0.195 e. The lowest BCUT2D eigenvalue weighted by atomic mass is 9.83. The molecule has 0 fully saturated rings. The van der Waals surface area contributed by atoms with E-state index >= 15 is 0 Å². The average Bonchev–Trinajstić information content (AvgIpc) is 3.07. The minimum atomic E-state index is -0.950. The second-order valence-electron chi connectivity index (χ2n) is 7.49. The maximum atomic E-state index is 13.5. The first-order valence-electron chi connectivity index (χ1n) is 9.97. The number of ether oxygens (including phenoxy) is 1. The highest BCUT2D eigenvalue weighted by atomic mass is 32.1. The molecule has 1 heterocycles. The van der Waals surface area contributed by atoms with E-state index in [-0.39, 0.29) is 33.2 Å². The first-order valence-corrected chi connectivity index (χ1v) is 10.8. The van der Waals surface area contributed by atoms with Gasteiger partial charge in [-0.15, -0.1) is 0 Å². The maximum absolute atomic E-state index is 13.5. The molecule has 6 heteroatoms. The predicted octanol–water partition coefficient (Wildman–Crippen LogP) is 5.27. The fourth-order valence-corrected chi connectivity index (χ4v) is 5.17. The third-order valence-electron chi connectivity index (χ3n) is 5.77. The lowest BCUT2D eigenvalue weighted by molar-refractivity contribution is 0.103. The van der Waals surface area contributed by atoms with Crippen molar-refractivity contribution in [3.8, 4) is 10.8 Å². The molecule has 1 aliphatic rings. The number of aromatic hydroxyl groups is 1. The van der Waals surface area contributed by atoms with Crippen LogP contribution in [0.1, 0.15) is 33.0 Å². The van der Waals surface area contributed by atoms with E-state index in [9.17, 15) is 19.8 Å². The molecule has 1 aliphatic carbocycles. The van der Waals surface area contributed by atoms with Crippen molar-refractivity contribution in [3.63, 3.8) is 0 Å². The van der Waals surface area contributed by atoms with Crippen molar-refractivity contribution < 1.29 is 19.7 Å². The fourth-order valence-electron chi connectivity index (χ4n) is 4.23. The molecule has 0 amide bonds. The van der Waals surface area contributed by atoms with Crippen LogP contribution in [0.2, 0.25) is 0 Å². The largest absolute Gasteiger partial charge is 0.507 e. The van der Waals surface area contributed by atoms with Crippen molar-refractivity contribution in [1.82, 2.24) is 0 Å². The van der Waals surface area contributed by atoms with Gasteiger partial charge in [0.2, 0.25) is 0 Å². The number of Topliss-reactive ketones (excluding diaryl/α,β-unsaturated/α-hetero) is 1. The van der Waals surface area contributed by atoms with Gasteiger partial charge in [0.15, 0.2) is 16.3 Å². The Kier molecular flexibility index (Phi) is 4.79. The van der Waals surface area contributed by atoms with Crippen LogP contribution in [0.4, 0.5) is 0 Å². The average molecular weight is 442 g/mol. The molecule has 5 rings (SSSR count). The molecule has 0 aliphatic heterocycles. The molecule has 0 saturated carbocycles. The lowest BCUT2D eigenvalue weighted by Crippen LogP contribution is -2.19. The van der Waals surface area contributed by atoms with Gasteiger partial charge < -0.3 is 14.9 Å². The highest BCUT2D eigenvalue weighted by molar-refractivity contribution is 7.20. The number of methoxy groups -OCH3 is 1. The quantitative estimate of drug-likeness (QED) is 0.450. The first-order chi connectivity index (χ1) is 15.5. The molecule has 4 aromatic rings. The van der Waals surface area contributed by atoms with E-state index in [4.69, 9.17) is 4.74 Å². The predicted molar refractivity (Wildman–Crippen MR) is 125 cm³/mol. The Balaban J connectivity index is 1.82. The molecule has 0 saturated heterocycles. The Hall–Kier alpha value is -3.90. The van der Waals surface area contributed by atoms with Crippen molar-refractivity contribution >= 4 is 33.0 Å². The zero-order chi connectivity index (χ0) is 22.4. The van der Waals surface area contributed by atoms with Crippen LogP contribution in [0.15, 0.2) is 83.2 Å². The van der Waals surface area contributed by atoms with Crippen LogP contribution in [-0.2, 0) is 0 Å². The number of aliphatic hydroxyl groups excluding tert-OH is 1. The molecule has 32 heavy (non-hydrogen) atoms. The van der Waals surface area contributed by atoms with Crippen molar-refractivity contribution in [3.05, 3.63) is 111 Å². The van der Waals surface area contributed by atoms with Crippen molar-refractivity contribution in [2.45, 2.75) is 5.92 Å². The number of aliphatic hydroxyl groups is 1. The van der Waals surface area contributed by atoms with E-state index in [0.29, 0.717) is 32.5 Å². The van der Waals surface area contributed by atoms with Gasteiger partial charge in [-0.25, -0.2) is 0 Å². The van der Waals surface area contributed by atoms with Crippen molar-refractivity contribution in [2.24, 2.45) is 0 Å². The monoisotopic (exact) mass is 442 g/mol. The molecule has 158 valence electrons. The number of carbonyl (C=O) groups is 1. The first kappa shape index (κ1) is 20.0. The Morgan fingerprint density at radius 1 is 0.844 bits per heavy atom. The molecule has 0 bridgehead atoms. The van der Waals surface area contributed by atoms with Crippen LogP contribution in [0.3, 0.4) is 0 Å². The van der Waals surface area contributed by atoms with Crippen LogP contribution >= 0.6 is 11.3 Å². The number of allylic oxidation sites excluding steroid dienone is 1. The second-order valence-corrected chi connectivity index (χ2v) is 8.52. The van der Waals surface area contributed by atoms with Crippen LogP contribution in [0.25, 0.3) is 15.8 Å². The molecular weight excluding hydrogens is 424 g/mol. The Bertz CT molecular complexity index is 1460. The van der Waals surface area contributed by atoms with Crippen LogP contribution < -0.4 is 10.2 Å². The third-order valence-corrected chi connectivity index (χ3v) is 6.76. The van der Waals surface area contributed by atoms with E-state index in [1.807, 2.05) is 0 Å². The molecule has 3 aromatic carbocycles. The smallest absolute Gasteiger partial charge is 0.195 e. The summed E-state index contributed by atoms with van der Waals surface area (Å²) in [6.45, 7) is 0. The van der Waals surface area contributed by atoms with Gasteiger partial charge in [0.1, 0.15) is 11.5 Å². The number of rotatable bonds is 4. The summed E-state index contributed by atoms with van der Waals surface area (Å²) >= 11 is 1.07. The minimum absolute atomic E-state index is 0.0709. The van der Waals surface area contributed by atoms with Gasteiger partial charge in [0.05, 0.1) is 24.2 Å². The van der Waals surface area contributed by atoms with Gasteiger partial charge in [0, 0.05) is 21.2 Å². The molecular formula is C26H18O5S. The van der Waals surface area contributed by atoms with Gasteiger partial charge in [-0.2, -0.15) is 0 Å². The summed E-state index contributed by atoms with van der Waals surface area (Å²) < 4.78 is 5.89. The molecule has 5 nitrogen and oxygen atoms in total. The summed E-state index contributed by atoms with van der Waals surface area (Å²) in [5.74, 6) is -0.881.